The first kappa shape index (κ1) is 17.1. The zero-order valence-electron chi connectivity index (χ0n) is 12.3. The lowest BCUT2D eigenvalue weighted by atomic mass is 10.2. The Labute approximate surface area is 121 Å². The monoisotopic (exact) mass is 301 g/mol. The van der Waals surface area contributed by atoms with E-state index in [1.807, 2.05) is 6.92 Å². The number of rotatable bonds is 2. The first-order chi connectivity index (χ1) is 9.27. The molecule has 6 heteroatoms. The molecule has 0 unspecified atom stereocenters. The van der Waals surface area contributed by atoms with Gasteiger partial charge in [-0.3, -0.25) is 0 Å². The minimum absolute atomic E-state index is 0.178. The molecule has 0 aliphatic carbocycles. The van der Waals surface area contributed by atoms with Gasteiger partial charge in [0.1, 0.15) is 23.2 Å². The van der Waals surface area contributed by atoms with E-state index in [2.05, 4.69) is 14.0 Å². The Balaban J connectivity index is 0.000000204. The van der Waals surface area contributed by atoms with Crippen molar-refractivity contribution in [3.05, 3.63) is 29.8 Å². The number of hydrogen-bond donors (Lipinski definition) is 0. The van der Waals surface area contributed by atoms with E-state index in [1.54, 1.807) is 12.1 Å². The SMILES string of the molecule is CC[N+]1(C)CCOCC1.Cc1ccc(S(=O)(=O)[O-])cc1. The fourth-order valence-corrected chi connectivity index (χ4v) is 2.27. The van der Waals surface area contributed by atoms with Crippen LogP contribution in [0.1, 0.15) is 12.5 Å². The van der Waals surface area contributed by atoms with Gasteiger partial charge in [0.05, 0.1) is 31.7 Å². The summed E-state index contributed by atoms with van der Waals surface area (Å²) in [4.78, 5) is -0.178. The van der Waals surface area contributed by atoms with Crippen molar-refractivity contribution < 1.29 is 22.2 Å². The van der Waals surface area contributed by atoms with Crippen LogP contribution in [0.25, 0.3) is 0 Å². The third kappa shape index (κ3) is 5.58. The number of nitrogens with zero attached hydrogens (tertiary/aromatic N) is 1. The minimum atomic E-state index is -4.27. The van der Waals surface area contributed by atoms with Crippen LogP contribution in [-0.4, -0.2) is 57.3 Å². The molecule has 0 radical (unpaired) electrons. The second-order valence-electron chi connectivity index (χ2n) is 5.26. The summed E-state index contributed by atoms with van der Waals surface area (Å²) >= 11 is 0. The number of quaternary nitrogens is 1. The smallest absolute Gasteiger partial charge is 0.124 e. The molecule has 1 aliphatic heterocycles. The maximum Gasteiger partial charge on any atom is 0.124 e. The second-order valence-corrected chi connectivity index (χ2v) is 6.64. The van der Waals surface area contributed by atoms with E-state index < -0.39 is 10.1 Å². The number of hydrogen-bond acceptors (Lipinski definition) is 4. The predicted octanol–water partition coefficient (Wildman–Crippen LogP) is 1.38. The molecule has 0 bridgehead atoms. The Morgan fingerprint density at radius 1 is 1.20 bits per heavy atom. The highest BCUT2D eigenvalue weighted by Crippen LogP contribution is 2.08. The van der Waals surface area contributed by atoms with Crippen molar-refractivity contribution in [2.75, 3.05) is 39.9 Å². The largest absolute Gasteiger partial charge is 0.744 e. The summed E-state index contributed by atoms with van der Waals surface area (Å²) in [7, 11) is -1.98. The van der Waals surface area contributed by atoms with E-state index in [0.717, 1.165) is 18.8 Å². The van der Waals surface area contributed by atoms with Gasteiger partial charge in [-0.05, 0) is 26.0 Å². The lowest BCUT2D eigenvalue weighted by Crippen LogP contribution is -2.51. The van der Waals surface area contributed by atoms with Gasteiger partial charge in [0.25, 0.3) is 0 Å². The number of benzene rings is 1. The van der Waals surface area contributed by atoms with Crippen molar-refractivity contribution in [3.8, 4) is 0 Å². The first-order valence-electron chi connectivity index (χ1n) is 6.71. The zero-order valence-corrected chi connectivity index (χ0v) is 13.1. The number of morpholine rings is 1. The number of aryl methyl sites for hydroxylation is 1. The average Bonchev–Trinajstić information content (AvgIpc) is 2.40. The molecule has 1 saturated heterocycles. The van der Waals surface area contributed by atoms with Crippen LogP contribution < -0.4 is 0 Å². The molecule has 0 atom stereocenters. The Bertz CT molecular complexity index is 504. The van der Waals surface area contributed by atoms with Gasteiger partial charge in [-0.15, -0.1) is 0 Å². The van der Waals surface area contributed by atoms with Gasteiger partial charge < -0.3 is 13.8 Å². The van der Waals surface area contributed by atoms with Crippen molar-refractivity contribution in [1.29, 1.82) is 0 Å². The number of ether oxygens (including phenoxy) is 1. The highest BCUT2D eigenvalue weighted by molar-refractivity contribution is 7.85. The molecule has 20 heavy (non-hydrogen) atoms. The fourth-order valence-electron chi connectivity index (χ4n) is 1.80. The standard InChI is InChI=1S/C7H16NO.C7H8O3S/c1-3-8(2)4-6-9-7-5-8;1-6-2-4-7(5-3-6)11(8,9)10/h3-7H2,1-2H3;2-5H,1H3,(H,8,9,10)/q+1;/p-1. The molecule has 0 saturated carbocycles. The van der Waals surface area contributed by atoms with Gasteiger partial charge >= 0.3 is 0 Å². The third-order valence-corrected chi connectivity index (χ3v) is 4.47. The molecule has 1 aromatic carbocycles. The number of likely N-dealkylation sites (N-methyl/N-ethyl adjacent to an activating group) is 1. The van der Waals surface area contributed by atoms with Crippen LogP contribution in [0.5, 0.6) is 0 Å². The van der Waals surface area contributed by atoms with Crippen LogP contribution in [0, 0.1) is 6.92 Å². The van der Waals surface area contributed by atoms with Gasteiger partial charge in [-0.25, -0.2) is 8.42 Å². The van der Waals surface area contributed by atoms with E-state index >= 15 is 0 Å². The van der Waals surface area contributed by atoms with Crippen molar-refractivity contribution in [2.24, 2.45) is 0 Å². The summed E-state index contributed by atoms with van der Waals surface area (Å²) in [6.07, 6.45) is 0. The van der Waals surface area contributed by atoms with Crippen LogP contribution >= 0.6 is 0 Å². The molecule has 1 fully saturated rings. The van der Waals surface area contributed by atoms with Crippen LogP contribution in [0.2, 0.25) is 0 Å². The lowest BCUT2D eigenvalue weighted by molar-refractivity contribution is -0.915. The molecule has 0 spiro atoms. The highest BCUT2D eigenvalue weighted by atomic mass is 32.2. The van der Waals surface area contributed by atoms with E-state index in [4.69, 9.17) is 4.74 Å². The van der Waals surface area contributed by atoms with E-state index in [1.165, 1.54) is 36.3 Å². The summed E-state index contributed by atoms with van der Waals surface area (Å²) < 4.78 is 37.6. The highest BCUT2D eigenvalue weighted by Gasteiger charge is 2.21. The minimum Gasteiger partial charge on any atom is -0.744 e. The summed E-state index contributed by atoms with van der Waals surface area (Å²) in [5, 5.41) is 0. The van der Waals surface area contributed by atoms with E-state index in [-0.39, 0.29) is 4.90 Å². The van der Waals surface area contributed by atoms with Crippen molar-refractivity contribution >= 4 is 10.1 Å². The zero-order chi connectivity index (χ0) is 15.2. The van der Waals surface area contributed by atoms with Crippen LogP contribution in [0.15, 0.2) is 29.2 Å². The summed E-state index contributed by atoms with van der Waals surface area (Å²) in [5.41, 5.74) is 0.928. The molecule has 5 nitrogen and oxygen atoms in total. The third-order valence-electron chi connectivity index (χ3n) is 3.62. The molecule has 0 amide bonds. The van der Waals surface area contributed by atoms with Crippen molar-refractivity contribution in [1.82, 2.24) is 0 Å². The molecule has 0 aromatic heterocycles. The van der Waals surface area contributed by atoms with Crippen LogP contribution in [0.4, 0.5) is 0 Å². The lowest BCUT2D eigenvalue weighted by Gasteiger charge is -2.36. The van der Waals surface area contributed by atoms with E-state index in [9.17, 15) is 13.0 Å². The maximum atomic E-state index is 10.4. The molecular formula is C14H23NO4S. The predicted molar refractivity (Wildman–Crippen MR) is 76.4 cm³/mol. The average molecular weight is 301 g/mol. The van der Waals surface area contributed by atoms with Gasteiger partial charge in [0.2, 0.25) is 0 Å². The Morgan fingerprint density at radius 3 is 2.05 bits per heavy atom. The van der Waals surface area contributed by atoms with Gasteiger partial charge in [-0.1, -0.05) is 17.7 Å². The molecular weight excluding hydrogens is 278 g/mol. The van der Waals surface area contributed by atoms with Gasteiger partial charge in [0.15, 0.2) is 0 Å². The van der Waals surface area contributed by atoms with Crippen molar-refractivity contribution in [2.45, 2.75) is 18.7 Å². The first-order valence-corrected chi connectivity index (χ1v) is 8.11. The molecule has 2 rings (SSSR count). The Morgan fingerprint density at radius 2 is 1.70 bits per heavy atom. The Hall–Kier alpha value is -0.950. The second kappa shape index (κ2) is 7.17. The maximum absolute atomic E-state index is 10.4. The van der Waals surface area contributed by atoms with Gasteiger partial charge in [0, 0.05) is 0 Å². The molecule has 114 valence electrons. The summed E-state index contributed by atoms with van der Waals surface area (Å²) in [6, 6.07) is 5.78. The van der Waals surface area contributed by atoms with Crippen LogP contribution in [-0.2, 0) is 14.9 Å². The molecule has 1 aliphatic rings. The normalized spacial score (nSPS) is 18.0. The van der Waals surface area contributed by atoms with E-state index in [0.29, 0.717) is 0 Å². The molecule has 1 aromatic rings. The molecule has 0 N–H and O–H groups in total. The fraction of sp³-hybridized carbons (Fsp3) is 0.571. The molecule has 1 heterocycles. The Kier molecular flexibility index (Phi) is 6.13. The van der Waals surface area contributed by atoms with Crippen molar-refractivity contribution in [3.63, 3.8) is 0 Å². The topological polar surface area (TPSA) is 66.4 Å². The quantitative estimate of drug-likeness (QED) is 0.611. The summed E-state index contributed by atoms with van der Waals surface area (Å²) in [6.45, 7) is 9.58. The van der Waals surface area contributed by atoms with Gasteiger partial charge in [-0.2, -0.15) is 0 Å². The summed E-state index contributed by atoms with van der Waals surface area (Å²) in [5.74, 6) is 0. The van der Waals surface area contributed by atoms with Crippen LogP contribution in [0.3, 0.4) is 0 Å².